The van der Waals surface area contributed by atoms with Crippen LogP contribution in [0.2, 0.25) is 0 Å². The van der Waals surface area contributed by atoms with E-state index in [0.29, 0.717) is 0 Å². The van der Waals surface area contributed by atoms with Crippen LogP contribution >= 0.6 is 0 Å². The summed E-state index contributed by atoms with van der Waals surface area (Å²) < 4.78 is 0. The third-order valence-corrected chi connectivity index (χ3v) is 4.66. The zero-order valence-corrected chi connectivity index (χ0v) is 12.9. The van der Waals surface area contributed by atoms with E-state index in [1.165, 1.54) is 6.42 Å². The fourth-order valence-electron chi connectivity index (χ4n) is 3.09. The van der Waals surface area contributed by atoms with Crippen LogP contribution in [0.15, 0.2) is 30.3 Å². The molecular formula is C18H29N. The van der Waals surface area contributed by atoms with Gasteiger partial charge < -0.3 is 5.32 Å². The van der Waals surface area contributed by atoms with Crippen LogP contribution in [-0.4, -0.2) is 13.1 Å². The monoisotopic (exact) mass is 259 g/mol. The zero-order valence-electron chi connectivity index (χ0n) is 12.9. The fourth-order valence-corrected chi connectivity index (χ4v) is 3.09. The first kappa shape index (κ1) is 14.6. The predicted octanol–water partition coefficient (Wildman–Crippen LogP) is 4.31. The highest BCUT2D eigenvalue weighted by Gasteiger charge is 2.43. The summed E-state index contributed by atoms with van der Waals surface area (Å²) in [5.41, 5.74) is 1.54. The molecule has 0 saturated heterocycles. The van der Waals surface area contributed by atoms with Crippen molar-refractivity contribution in [3.63, 3.8) is 0 Å². The zero-order chi connectivity index (χ0) is 13.8. The lowest BCUT2D eigenvalue weighted by molar-refractivity contribution is 0.321. The summed E-state index contributed by atoms with van der Waals surface area (Å²) in [6, 6.07) is 11.0. The molecule has 4 atom stereocenters. The van der Waals surface area contributed by atoms with Gasteiger partial charge >= 0.3 is 0 Å². The first-order valence-electron chi connectivity index (χ1n) is 7.85. The predicted molar refractivity (Wildman–Crippen MR) is 83.3 cm³/mol. The Kier molecular flexibility index (Phi) is 5.04. The van der Waals surface area contributed by atoms with Crippen molar-refractivity contribution in [3.8, 4) is 0 Å². The smallest absolute Gasteiger partial charge is 0.00204 e. The average Bonchev–Trinajstić information content (AvgIpc) is 3.18. The Hall–Kier alpha value is -0.820. The maximum atomic E-state index is 3.60. The molecule has 0 amide bonds. The van der Waals surface area contributed by atoms with Gasteiger partial charge in [0.25, 0.3) is 0 Å². The number of benzene rings is 1. The molecule has 0 heterocycles. The molecule has 0 radical (unpaired) electrons. The molecule has 1 N–H and O–H groups in total. The van der Waals surface area contributed by atoms with Crippen LogP contribution in [0.1, 0.15) is 45.6 Å². The van der Waals surface area contributed by atoms with Gasteiger partial charge in [-0.15, -0.1) is 0 Å². The van der Waals surface area contributed by atoms with Crippen LogP contribution in [0, 0.1) is 23.7 Å². The second kappa shape index (κ2) is 6.56. The standard InChI is InChI=1S/C18H29N/c1-13(2)11-19-12-14(3)15(4)17-10-18(17)16-8-6-5-7-9-16/h5-9,13-15,17-19H,10-12H2,1-4H3. The van der Waals surface area contributed by atoms with Gasteiger partial charge in [-0.1, -0.05) is 58.0 Å². The summed E-state index contributed by atoms with van der Waals surface area (Å²) in [6.07, 6.45) is 1.39. The third-order valence-electron chi connectivity index (χ3n) is 4.66. The van der Waals surface area contributed by atoms with Gasteiger partial charge in [0.15, 0.2) is 0 Å². The largest absolute Gasteiger partial charge is 0.316 e. The average molecular weight is 259 g/mol. The molecule has 19 heavy (non-hydrogen) atoms. The van der Waals surface area contributed by atoms with Crippen molar-refractivity contribution >= 4 is 0 Å². The van der Waals surface area contributed by atoms with Crippen molar-refractivity contribution in [1.29, 1.82) is 0 Å². The molecule has 4 unspecified atom stereocenters. The van der Waals surface area contributed by atoms with Gasteiger partial charge in [-0.2, -0.15) is 0 Å². The molecule has 1 saturated carbocycles. The Morgan fingerprint density at radius 1 is 1.05 bits per heavy atom. The molecule has 1 aromatic rings. The molecule has 1 nitrogen and oxygen atoms in total. The molecule has 106 valence electrons. The van der Waals surface area contributed by atoms with Gasteiger partial charge in [0.2, 0.25) is 0 Å². The minimum absolute atomic E-state index is 0.750. The van der Waals surface area contributed by atoms with Gasteiger partial charge in [-0.05, 0) is 54.7 Å². The van der Waals surface area contributed by atoms with Gasteiger partial charge in [-0.3, -0.25) is 0 Å². The minimum Gasteiger partial charge on any atom is -0.316 e. The van der Waals surface area contributed by atoms with Crippen LogP contribution in [0.3, 0.4) is 0 Å². The Morgan fingerprint density at radius 2 is 1.74 bits per heavy atom. The van der Waals surface area contributed by atoms with E-state index in [1.54, 1.807) is 5.56 Å². The first-order chi connectivity index (χ1) is 9.09. The highest BCUT2D eigenvalue weighted by Crippen LogP contribution is 2.53. The van der Waals surface area contributed by atoms with Gasteiger partial charge in [0.05, 0.1) is 0 Å². The first-order valence-corrected chi connectivity index (χ1v) is 7.85. The van der Waals surface area contributed by atoms with E-state index in [9.17, 15) is 0 Å². The number of rotatable bonds is 7. The van der Waals surface area contributed by atoms with Crippen molar-refractivity contribution in [3.05, 3.63) is 35.9 Å². The molecule has 1 fully saturated rings. The van der Waals surface area contributed by atoms with Crippen molar-refractivity contribution in [2.45, 2.75) is 40.0 Å². The summed E-state index contributed by atoms with van der Waals surface area (Å²) in [7, 11) is 0. The van der Waals surface area contributed by atoms with Crippen molar-refractivity contribution in [1.82, 2.24) is 5.32 Å². The van der Waals surface area contributed by atoms with Crippen LogP contribution in [0.5, 0.6) is 0 Å². The van der Waals surface area contributed by atoms with Crippen LogP contribution in [0.25, 0.3) is 0 Å². The molecule has 1 heteroatoms. The van der Waals surface area contributed by atoms with E-state index < -0.39 is 0 Å². The quantitative estimate of drug-likeness (QED) is 0.769. The van der Waals surface area contributed by atoms with Crippen molar-refractivity contribution < 1.29 is 0 Å². The van der Waals surface area contributed by atoms with Gasteiger partial charge in [0, 0.05) is 0 Å². The van der Waals surface area contributed by atoms with Gasteiger partial charge in [0.1, 0.15) is 0 Å². The van der Waals surface area contributed by atoms with E-state index in [1.807, 2.05) is 0 Å². The summed E-state index contributed by atoms with van der Waals surface area (Å²) in [6.45, 7) is 11.7. The van der Waals surface area contributed by atoms with Crippen LogP contribution in [-0.2, 0) is 0 Å². The summed E-state index contributed by atoms with van der Waals surface area (Å²) in [4.78, 5) is 0. The highest BCUT2D eigenvalue weighted by molar-refractivity contribution is 5.26. The molecule has 2 rings (SSSR count). The molecule has 1 aromatic carbocycles. The lowest BCUT2D eigenvalue weighted by Crippen LogP contribution is -2.29. The van der Waals surface area contributed by atoms with E-state index in [4.69, 9.17) is 0 Å². The maximum absolute atomic E-state index is 3.60. The number of nitrogens with one attached hydrogen (secondary N) is 1. The minimum atomic E-state index is 0.750. The molecule has 0 aromatic heterocycles. The third kappa shape index (κ3) is 4.07. The summed E-state index contributed by atoms with van der Waals surface area (Å²) >= 11 is 0. The highest BCUT2D eigenvalue weighted by atomic mass is 14.9. The molecule has 0 aliphatic heterocycles. The Balaban J connectivity index is 1.77. The second-order valence-electron chi connectivity index (χ2n) is 6.81. The Morgan fingerprint density at radius 3 is 2.37 bits per heavy atom. The van der Waals surface area contributed by atoms with Crippen LogP contribution in [0.4, 0.5) is 0 Å². The maximum Gasteiger partial charge on any atom is -0.00204 e. The van der Waals surface area contributed by atoms with Gasteiger partial charge in [-0.25, -0.2) is 0 Å². The van der Waals surface area contributed by atoms with Crippen molar-refractivity contribution in [2.75, 3.05) is 13.1 Å². The topological polar surface area (TPSA) is 12.0 Å². The van der Waals surface area contributed by atoms with E-state index in [-0.39, 0.29) is 0 Å². The molecule has 0 bridgehead atoms. The SMILES string of the molecule is CC(C)CNCC(C)C(C)C1CC1c1ccccc1. The van der Waals surface area contributed by atoms with E-state index >= 15 is 0 Å². The Labute approximate surface area is 118 Å². The van der Waals surface area contributed by atoms with E-state index in [2.05, 4.69) is 63.3 Å². The molecule has 0 spiro atoms. The number of hydrogen-bond donors (Lipinski definition) is 1. The summed E-state index contributed by atoms with van der Waals surface area (Å²) in [5, 5.41) is 3.60. The lowest BCUT2D eigenvalue weighted by Gasteiger charge is -2.21. The fraction of sp³-hybridized carbons (Fsp3) is 0.667. The number of hydrogen-bond acceptors (Lipinski definition) is 1. The van der Waals surface area contributed by atoms with E-state index in [0.717, 1.165) is 42.7 Å². The normalized spacial score (nSPS) is 25.3. The molecule has 1 aliphatic carbocycles. The lowest BCUT2D eigenvalue weighted by atomic mass is 9.89. The molecular weight excluding hydrogens is 230 g/mol. The summed E-state index contributed by atoms with van der Waals surface area (Å²) in [5.74, 6) is 4.07. The van der Waals surface area contributed by atoms with Crippen molar-refractivity contribution in [2.24, 2.45) is 23.7 Å². The second-order valence-corrected chi connectivity index (χ2v) is 6.81. The van der Waals surface area contributed by atoms with Crippen LogP contribution < -0.4 is 5.32 Å². The molecule has 1 aliphatic rings. The Bertz CT molecular complexity index is 371.